The maximum atomic E-state index is 10.6. The number of nitrogens with one attached hydrogen (secondary N) is 1. The van der Waals surface area contributed by atoms with Gasteiger partial charge in [-0.1, -0.05) is 6.42 Å². The van der Waals surface area contributed by atoms with Crippen LogP contribution in [-0.2, 0) is 11.2 Å². The zero-order valence-electron chi connectivity index (χ0n) is 14.3. The number of ether oxygens (including phenoxy) is 1. The number of aromatic amines is 1. The largest absolute Gasteiger partial charge is 0.497 e. The summed E-state index contributed by atoms with van der Waals surface area (Å²) in [5, 5.41) is 9.91. The van der Waals surface area contributed by atoms with Crippen LogP contribution in [0.2, 0.25) is 0 Å². The van der Waals surface area contributed by atoms with E-state index in [-0.39, 0.29) is 6.42 Å². The highest BCUT2D eigenvalue weighted by molar-refractivity contribution is 5.91. The number of pyridine rings is 1. The number of aromatic nitrogens is 2. The Labute approximate surface area is 146 Å². The van der Waals surface area contributed by atoms with Crippen molar-refractivity contribution in [1.82, 2.24) is 9.97 Å². The minimum Gasteiger partial charge on any atom is -0.497 e. The van der Waals surface area contributed by atoms with Gasteiger partial charge in [-0.05, 0) is 55.2 Å². The number of H-pyrrole nitrogens is 1. The second kappa shape index (κ2) is 7.83. The summed E-state index contributed by atoms with van der Waals surface area (Å²) < 4.78 is 5.37. The molecule has 25 heavy (non-hydrogen) atoms. The van der Waals surface area contributed by atoms with Crippen molar-refractivity contribution in [3.63, 3.8) is 0 Å². The summed E-state index contributed by atoms with van der Waals surface area (Å²) in [4.78, 5) is 18.4. The van der Waals surface area contributed by atoms with Crippen LogP contribution in [0.25, 0.3) is 22.2 Å². The molecule has 0 amide bonds. The third-order valence-electron chi connectivity index (χ3n) is 4.38. The number of carboxylic acid groups (broad SMARTS) is 1. The zero-order chi connectivity index (χ0) is 17.6. The van der Waals surface area contributed by atoms with Crippen LogP contribution in [0.3, 0.4) is 0 Å². The van der Waals surface area contributed by atoms with Crippen LogP contribution < -0.4 is 4.74 Å². The van der Waals surface area contributed by atoms with Gasteiger partial charge < -0.3 is 14.8 Å². The van der Waals surface area contributed by atoms with E-state index in [0.29, 0.717) is 6.42 Å². The predicted molar refractivity (Wildman–Crippen MR) is 97.9 cm³/mol. The summed E-state index contributed by atoms with van der Waals surface area (Å²) in [7, 11) is 1.67. The standard InChI is InChI=1S/C20H22N2O3/c1-25-15-9-10-18-17(12-15)16(7-3-2-4-8-19(23)24)20(22-18)14-6-5-11-21-13-14/h5-6,9-13,22H,2-4,7-8H2,1H3,(H,23,24). The molecule has 2 aromatic heterocycles. The molecule has 0 aliphatic rings. The molecule has 0 unspecified atom stereocenters. The van der Waals surface area contributed by atoms with Gasteiger partial charge in [-0.25, -0.2) is 0 Å². The third kappa shape index (κ3) is 3.99. The lowest BCUT2D eigenvalue weighted by molar-refractivity contribution is -0.137. The van der Waals surface area contributed by atoms with E-state index in [1.165, 1.54) is 5.56 Å². The first-order chi connectivity index (χ1) is 12.2. The van der Waals surface area contributed by atoms with E-state index >= 15 is 0 Å². The molecule has 2 heterocycles. The van der Waals surface area contributed by atoms with Gasteiger partial charge in [-0.3, -0.25) is 9.78 Å². The number of benzene rings is 1. The Morgan fingerprint density at radius 1 is 1.24 bits per heavy atom. The molecule has 2 N–H and O–H groups in total. The Kier molecular flexibility index (Phi) is 5.33. The molecular formula is C20H22N2O3. The number of fused-ring (bicyclic) bond motifs is 1. The van der Waals surface area contributed by atoms with Gasteiger partial charge in [0.1, 0.15) is 5.75 Å². The van der Waals surface area contributed by atoms with E-state index < -0.39 is 5.97 Å². The van der Waals surface area contributed by atoms with Crippen LogP contribution in [0.5, 0.6) is 5.75 Å². The molecule has 3 rings (SSSR count). The van der Waals surface area contributed by atoms with Gasteiger partial charge in [-0.15, -0.1) is 0 Å². The molecular weight excluding hydrogens is 316 g/mol. The zero-order valence-corrected chi connectivity index (χ0v) is 14.3. The molecule has 5 nitrogen and oxygen atoms in total. The summed E-state index contributed by atoms with van der Waals surface area (Å²) in [5.41, 5.74) is 4.44. The second-order valence-corrected chi connectivity index (χ2v) is 6.09. The molecule has 0 saturated carbocycles. The normalized spacial score (nSPS) is 10.9. The number of hydrogen-bond acceptors (Lipinski definition) is 3. The highest BCUT2D eigenvalue weighted by Gasteiger charge is 2.14. The van der Waals surface area contributed by atoms with Crippen molar-refractivity contribution < 1.29 is 14.6 Å². The number of carbonyl (C=O) groups is 1. The van der Waals surface area contributed by atoms with Crippen molar-refractivity contribution in [3.05, 3.63) is 48.3 Å². The van der Waals surface area contributed by atoms with Gasteiger partial charge in [0.2, 0.25) is 0 Å². The summed E-state index contributed by atoms with van der Waals surface area (Å²) >= 11 is 0. The first kappa shape index (κ1) is 17.0. The molecule has 0 fully saturated rings. The number of aryl methyl sites for hydroxylation is 1. The molecule has 0 radical (unpaired) electrons. The summed E-state index contributed by atoms with van der Waals surface area (Å²) in [6, 6.07) is 10.0. The highest BCUT2D eigenvalue weighted by atomic mass is 16.5. The Morgan fingerprint density at radius 2 is 2.12 bits per heavy atom. The summed E-state index contributed by atoms with van der Waals surface area (Å²) in [6.45, 7) is 0. The maximum absolute atomic E-state index is 10.6. The average Bonchev–Trinajstić information content (AvgIpc) is 2.99. The van der Waals surface area contributed by atoms with Crippen LogP contribution in [0.15, 0.2) is 42.7 Å². The number of nitrogens with zero attached hydrogens (tertiary/aromatic N) is 1. The topological polar surface area (TPSA) is 75.2 Å². The first-order valence-electron chi connectivity index (χ1n) is 8.50. The molecule has 0 atom stereocenters. The van der Waals surface area contributed by atoms with Crippen molar-refractivity contribution >= 4 is 16.9 Å². The third-order valence-corrected chi connectivity index (χ3v) is 4.38. The Bertz CT molecular complexity index is 856. The van der Waals surface area contributed by atoms with Gasteiger partial charge in [0.25, 0.3) is 0 Å². The number of rotatable bonds is 8. The Morgan fingerprint density at radius 3 is 2.84 bits per heavy atom. The lowest BCUT2D eigenvalue weighted by Crippen LogP contribution is -1.95. The quantitative estimate of drug-likeness (QED) is 0.596. The maximum Gasteiger partial charge on any atom is 0.303 e. The average molecular weight is 338 g/mol. The molecule has 0 spiro atoms. The monoisotopic (exact) mass is 338 g/mol. The molecule has 3 aromatic rings. The Hall–Kier alpha value is -2.82. The Balaban J connectivity index is 1.90. The number of aliphatic carboxylic acids is 1. The summed E-state index contributed by atoms with van der Waals surface area (Å²) in [6.07, 6.45) is 7.30. The smallest absolute Gasteiger partial charge is 0.303 e. The lowest BCUT2D eigenvalue weighted by Gasteiger charge is -2.06. The van der Waals surface area contributed by atoms with E-state index in [4.69, 9.17) is 9.84 Å². The molecule has 0 aliphatic carbocycles. The van der Waals surface area contributed by atoms with Gasteiger partial charge >= 0.3 is 5.97 Å². The van der Waals surface area contributed by atoms with Crippen molar-refractivity contribution in [2.24, 2.45) is 0 Å². The number of carboxylic acids is 1. The van der Waals surface area contributed by atoms with Gasteiger partial charge in [0, 0.05) is 35.3 Å². The van der Waals surface area contributed by atoms with Gasteiger partial charge in [0.05, 0.1) is 12.8 Å². The lowest BCUT2D eigenvalue weighted by atomic mass is 10.00. The van der Waals surface area contributed by atoms with E-state index in [9.17, 15) is 4.79 Å². The van der Waals surface area contributed by atoms with E-state index in [2.05, 4.69) is 16.0 Å². The predicted octanol–water partition coefficient (Wildman–Crippen LogP) is 4.43. The summed E-state index contributed by atoms with van der Waals surface area (Å²) in [5.74, 6) is 0.101. The van der Waals surface area contributed by atoms with Crippen LogP contribution in [-0.4, -0.2) is 28.2 Å². The van der Waals surface area contributed by atoms with E-state index in [0.717, 1.165) is 47.2 Å². The van der Waals surface area contributed by atoms with Crippen molar-refractivity contribution in [1.29, 1.82) is 0 Å². The first-order valence-corrected chi connectivity index (χ1v) is 8.50. The van der Waals surface area contributed by atoms with Crippen LogP contribution in [0.1, 0.15) is 31.2 Å². The number of methoxy groups -OCH3 is 1. The van der Waals surface area contributed by atoms with Crippen molar-refractivity contribution in [2.45, 2.75) is 32.1 Å². The fraction of sp³-hybridized carbons (Fsp3) is 0.300. The van der Waals surface area contributed by atoms with Crippen molar-refractivity contribution in [2.75, 3.05) is 7.11 Å². The molecule has 1 aromatic carbocycles. The fourth-order valence-corrected chi connectivity index (χ4v) is 3.13. The molecule has 0 bridgehead atoms. The minimum absolute atomic E-state index is 0.233. The minimum atomic E-state index is -0.729. The van der Waals surface area contributed by atoms with Crippen molar-refractivity contribution in [3.8, 4) is 17.0 Å². The highest BCUT2D eigenvalue weighted by Crippen LogP contribution is 2.33. The molecule has 0 saturated heterocycles. The second-order valence-electron chi connectivity index (χ2n) is 6.09. The van der Waals surface area contributed by atoms with E-state index in [1.54, 1.807) is 13.3 Å². The number of hydrogen-bond donors (Lipinski definition) is 2. The number of unbranched alkanes of at least 4 members (excludes halogenated alkanes) is 2. The molecule has 0 aliphatic heterocycles. The van der Waals surface area contributed by atoms with Crippen LogP contribution in [0, 0.1) is 0 Å². The molecule has 130 valence electrons. The SMILES string of the molecule is COc1ccc2[nH]c(-c3cccnc3)c(CCCCCC(=O)O)c2c1. The van der Waals surface area contributed by atoms with Gasteiger partial charge in [-0.2, -0.15) is 0 Å². The molecule has 5 heteroatoms. The van der Waals surface area contributed by atoms with Gasteiger partial charge in [0.15, 0.2) is 0 Å². The fourth-order valence-electron chi connectivity index (χ4n) is 3.13. The van der Waals surface area contributed by atoms with Crippen LogP contribution >= 0.6 is 0 Å². The van der Waals surface area contributed by atoms with E-state index in [1.807, 2.05) is 30.5 Å². The van der Waals surface area contributed by atoms with Crippen LogP contribution in [0.4, 0.5) is 0 Å².